The number of ether oxygens (including phenoxy) is 2. The first kappa shape index (κ1) is 39.8. The molecule has 0 atom stereocenters. The van der Waals surface area contributed by atoms with E-state index in [1.165, 1.54) is 110 Å². The molecule has 0 saturated carbocycles. The fourth-order valence-corrected chi connectivity index (χ4v) is 7.48. The molecule has 0 amide bonds. The third kappa shape index (κ3) is 18.8. The van der Waals surface area contributed by atoms with Crippen LogP contribution in [-0.2, 0) is 21.0 Å². The lowest BCUT2D eigenvalue weighted by molar-refractivity contribution is -0.134. The Balaban J connectivity index is 1.29. The van der Waals surface area contributed by atoms with Gasteiger partial charge in [0.15, 0.2) is 0 Å². The van der Waals surface area contributed by atoms with Crippen molar-refractivity contribution in [1.29, 1.82) is 0 Å². The molecule has 0 radical (unpaired) electrons. The maximum Gasteiger partial charge on any atom is 0.311 e. The molecule has 0 N–H and O–H groups in total. The lowest BCUT2D eigenvalue weighted by atomic mass is 10.1. The van der Waals surface area contributed by atoms with Gasteiger partial charge in [0.2, 0.25) is 0 Å². The zero-order valence-electron chi connectivity index (χ0n) is 29.8. The number of hydrogen-bond acceptors (Lipinski definition) is 5. The van der Waals surface area contributed by atoms with E-state index in [1.807, 2.05) is 31.4 Å². The Bertz CT molecular complexity index is 1210. The molecule has 0 aromatic heterocycles. The van der Waals surface area contributed by atoms with Crippen molar-refractivity contribution in [2.75, 3.05) is 7.11 Å². The summed E-state index contributed by atoms with van der Waals surface area (Å²) in [6.45, 7) is 2.28. The predicted molar refractivity (Wildman–Crippen MR) is 208 cm³/mol. The molecule has 5 heteroatoms. The molecule has 0 heterocycles. The van der Waals surface area contributed by atoms with Gasteiger partial charge in [-0.1, -0.05) is 126 Å². The molecule has 3 nitrogen and oxygen atoms in total. The lowest BCUT2D eigenvalue weighted by Crippen LogP contribution is -2.08. The Morgan fingerprint density at radius 1 is 0.604 bits per heavy atom. The van der Waals surface area contributed by atoms with E-state index in [4.69, 9.17) is 9.47 Å². The van der Waals surface area contributed by atoms with Gasteiger partial charge in [0.1, 0.15) is 5.75 Å². The average Bonchev–Trinajstić information content (AvgIpc) is 3.11. The van der Waals surface area contributed by atoms with E-state index >= 15 is 0 Å². The van der Waals surface area contributed by atoms with Crippen LogP contribution in [0.15, 0.2) is 100 Å². The second kappa shape index (κ2) is 26.3. The Hall–Kier alpha value is -2.63. The van der Waals surface area contributed by atoms with Gasteiger partial charge in [-0.2, -0.15) is 0 Å². The molecule has 0 saturated heterocycles. The van der Waals surface area contributed by atoms with E-state index in [0.717, 1.165) is 37.2 Å². The third-order valence-corrected chi connectivity index (χ3v) is 10.7. The van der Waals surface area contributed by atoms with Gasteiger partial charge in [-0.15, -0.1) is 23.5 Å². The number of benzene rings is 3. The molecular formula is C43H60O3S2. The molecular weight excluding hydrogens is 629 g/mol. The van der Waals surface area contributed by atoms with E-state index in [0.29, 0.717) is 12.2 Å². The summed E-state index contributed by atoms with van der Waals surface area (Å²) >= 11 is 3.61. The van der Waals surface area contributed by atoms with Crippen molar-refractivity contribution >= 4 is 29.5 Å². The number of methoxy groups -OCH3 is 1. The molecule has 48 heavy (non-hydrogen) atoms. The van der Waals surface area contributed by atoms with Gasteiger partial charge in [-0.3, -0.25) is 4.79 Å². The zero-order chi connectivity index (χ0) is 33.9. The van der Waals surface area contributed by atoms with Crippen molar-refractivity contribution in [2.45, 2.75) is 144 Å². The van der Waals surface area contributed by atoms with Crippen LogP contribution in [0.1, 0.15) is 134 Å². The SMILES string of the molecule is CCCCCCCCCC/C(=C/CCCCCCCCCC(=O)Oc1cc(CSc2ccccc2)cc(CSc2ccccc2)c1)OC. The predicted octanol–water partition coefficient (Wildman–Crippen LogP) is 13.7. The molecule has 0 unspecified atom stereocenters. The lowest BCUT2D eigenvalue weighted by Gasteiger charge is -2.11. The summed E-state index contributed by atoms with van der Waals surface area (Å²) < 4.78 is 11.5. The normalized spacial score (nSPS) is 11.5. The van der Waals surface area contributed by atoms with Crippen molar-refractivity contribution in [3.63, 3.8) is 0 Å². The minimum absolute atomic E-state index is 0.128. The van der Waals surface area contributed by atoms with E-state index < -0.39 is 0 Å². The summed E-state index contributed by atoms with van der Waals surface area (Å²) in [5.41, 5.74) is 2.35. The quantitative estimate of drug-likeness (QED) is 0.0262. The second-order valence-electron chi connectivity index (χ2n) is 12.8. The number of allylic oxidation sites excluding steroid dienone is 2. The highest BCUT2D eigenvalue weighted by Gasteiger charge is 2.09. The van der Waals surface area contributed by atoms with Crippen molar-refractivity contribution in [2.24, 2.45) is 0 Å². The number of esters is 1. The van der Waals surface area contributed by atoms with Crippen LogP contribution < -0.4 is 4.74 Å². The summed E-state index contributed by atoms with van der Waals surface area (Å²) in [7, 11) is 1.82. The minimum atomic E-state index is -0.128. The molecule has 3 aromatic rings. The highest BCUT2D eigenvalue weighted by Crippen LogP contribution is 2.29. The molecule has 0 bridgehead atoms. The summed E-state index contributed by atoms with van der Waals surface area (Å²) in [4.78, 5) is 15.3. The molecule has 0 aliphatic rings. The first-order valence-corrected chi connectivity index (χ1v) is 20.6. The van der Waals surface area contributed by atoms with Crippen LogP contribution in [0, 0.1) is 0 Å². The number of rotatable bonds is 27. The molecule has 0 fully saturated rings. The molecule has 262 valence electrons. The van der Waals surface area contributed by atoms with Crippen LogP contribution in [0.25, 0.3) is 0 Å². The maximum atomic E-state index is 12.8. The summed E-state index contributed by atoms with van der Waals surface area (Å²) in [5.74, 6) is 3.38. The summed E-state index contributed by atoms with van der Waals surface area (Å²) in [6, 6.07) is 27.2. The van der Waals surface area contributed by atoms with Crippen molar-refractivity contribution in [3.05, 3.63) is 102 Å². The Labute approximate surface area is 301 Å². The second-order valence-corrected chi connectivity index (χ2v) is 14.9. The van der Waals surface area contributed by atoms with Gasteiger partial charge in [0.25, 0.3) is 0 Å². The topological polar surface area (TPSA) is 35.5 Å². The molecule has 0 aliphatic carbocycles. The number of carbonyl (C=O) groups excluding carboxylic acids is 1. The maximum absolute atomic E-state index is 12.8. The van der Waals surface area contributed by atoms with Crippen molar-refractivity contribution in [1.82, 2.24) is 0 Å². The van der Waals surface area contributed by atoms with E-state index in [2.05, 4.69) is 67.6 Å². The standard InChI is InChI=1S/C43H60O3S2/c1-3-4-5-6-7-10-13-18-25-39(45-2)26-19-14-11-8-9-12-15-24-31-43(44)46-40-33-37(35-47-41-27-20-16-21-28-41)32-38(34-40)36-48-42-29-22-17-23-30-42/h16-17,20-23,26-30,32-34H,3-15,18-19,24-25,31,35-36H2,1-2H3/b39-26-. The highest BCUT2D eigenvalue weighted by atomic mass is 32.2. The van der Waals surface area contributed by atoms with Crippen molar-refractivity contribution < 1.29 is 14.3 Å². The molecule has 0 spiro atoms. The van der Waals surface area contributed by atoms with Crippen LogP contribution in [0.4, 0.5) is 0 Å². The fraction of sp³-hybridized carbons (Fsp3) is 0.512. The first-order valence-electron chi connectivity index (χ1n) is 18.6. The number of hydrogen-bond donors (Lipinski definition) is 0. The minimum Gasteiger partial charge on any atom is -0.501 e. The summed E-state index contributed by atoms with van der Waals surface area (Å²) in [5, 5.41) is 0. The molecule has 3 aromatic carbocycles. The van der Waals surface area contributed by atoms with E-state index in [9.17, 15) is 4.79 Å². The van der Waals surface area contributed by atoms with Gasteiger partial charge < -0.3 is 9.47 Å². The number of unbranched alkanes of at least 4 members (excludes halogenated alkanes) is 14. The number of thioether (sulfide) groups is 2. The van der Waals surface area contributed by atoms with Gasteiger partial charge >= 0.3 is 5.97 Å². The van der Waals surface area contributed by atoms with Gasteiger partial charge in [0.05, 0.1) is 12.9 Å². The zero-order valence-corrected chi connectivity index (χ0v) is 31.4. The van der Waals surface area contributed by atoms with Crippen LogP contribution in [0.3, 0.4) is 0 Å². The summed E-state index contributed by atoms with van der Waals surface area (Å²) in [6.07, 6.45) is 23.9. The molecule has 3 rings (SSSR count). The number of carbonyl (C=O) groups is 1. The highest BCUT2D eigenvalue weighted by molar-refractivity contribution is 7.98. The third-order valence-electron chi connectivity index (χ3n) is 8.55. The van der Waals surface area contributed by atoms with Crippen LogP contribution in [0.5, 0.6) is 5.75 Å². The van der Waals surface area contributed by atoms with Gasteiger partial charge in [-0.25, -0.2) is 0 Å². The van der Waals surface area contributed by atoms with Crippen LogP contribution in [0.2, 0.25) is 0 Å². The van der Waals surface area contributed by atoms with Crippen molar-refractivity contribution in [3.8, 4) is 5.75 Å². The fourth-order valence-electron chi connectivity index (χ4n) is 5.78. The van der Waals surface area contributed by atoms with E-state index in [-0.39, 0.29) is 5.97 Å². The van der Waals surface area contributed by atoms with E-state index in [1.54, 1.807) is 23.5 Å². The van der Waals surface area contributed by atoms with Gasteiger partial charge in [0, 0.05) is 34.1 Å². The average molecular weight is 689 g/mol. The smallest absolute Gasteiger partial charge is 0.311 e. The Kier molecular flexibility index (Phi) is 21.8. The Morgan fingerprint density at radius 2 is 1.08 bits per heavy atom. The monoisotopic (exact) mass is 688 g/mol. The van der Waals surface area contributed by atoms with Gasteiger partial charge in [-0.05, 0) is 79.3 Å². The Morgan fingerprint density at radius 3 is 1.60 bits per heavy atom. The van der Waals surface area contributed by atoms with Crippen LogP contribution >= 0.6 is 23.5 Å². The molecule has 0 aliphatic heterocycles. The van der Waals surface area contributed by atoms with Crippen LogP contribution in [-0.4, -0.2) is 13.1 Å². The largest absolute Gasteiger partial charge is 0.501 e. The first-order chi connectivity index (χ1) is 23.7.